The third-order valence-corrected chi connectivity index (χ3v) is 2.51. The van der Waals surface area contributed by atoms with Crippen LogP contribution in [0.2, 0.25) is 0 Å². The van der Waals surface area contributed by atoms with Crippen LogP contribution in [0, 0.1) is 0 Å². The summed E-state index contributed by atoms with van der Waals surface area (Å²) in [5.41, 5.74) is 1.76. The smallest absolute Gasteiger partial charge is 0.266 e. The fourth-order valence-electron chi connectivity index (χ4n) is 1.69. The SMILES string of the molecule is CNCN1C(=O)COc2ccc(NC)cc21. The molecule has 1 heterocycles. The molecule has 1 aromatic carbocycles. The Bertz CT molecular complexity index is 406. The summed E-state index contributed by atoms with van der Waals surface area (Å²) in [6.07, 6.45) is 0. The molecule has 0 spiro atoms. The average Bonchev–Trinajstić information content (AvgIpc) is 2.32. The van der Waals surface area contributed by atoms with E-state index in [1.165, 1.54) is 0 Å². The highest BCUT2D eigenvalue weighted by atomic mass is 16.5. The van der Waals surface area contributed by atoms with Crippen molar-refractivity contribution in [2.45, 2.75) is 0 Å². The molecule has 16 heavy (non-hydrogen) atoms. The number of hydrogen-bond donors (Lipinski definition) is 2. The van der Waals surface area contributed by atoms with Gasteiger partial charge in [0.05, 0.1) is 12.4 Å². The zero-order valence-corrected chi connectivity index (χ0v) is 9.41. The number of benzene rings is 1. The van der Waals surface area contributed by atoms with Crippen LogP contribution in [0.25, 0.3) is 0 Å². The lowest BCUT2D eigenvalue weighted by molar-refractivity contribution is -0.121. The predicted octanol–water partition coefficient (Wildman–Crippen LogP) is 0.631. The van der Waals surface area contributed by atoms with Crippen molar-refractivity contribution in [3.05, 3.63) is 18.2 Å². The van der Waals surface area contributed by atoms with E-state index in [1.54, 1.807) is 4.90 Å². The molecule has 1 amide bonds. The summed E-state index contributed by atoms with van der Waals surface area (Å²) in [5.74, 6) is 0.712. The summed E-state index contributed by atoms with van der Waals surface area (Å²) >= 11 is 0. The third-order valence-electron chi connectivity index (χ3n) is 2.51. The zero-order valence-electron chi connectivity index (χ0n) is 9.41. The van der Waals surface area contributed by atoms with E-state index in [-0.39, 0.29) is 12.5 Å². The molecular weight excluding hydrogens is 206 g/mol. The zero-order chi connectivity index (χ0) is 11.5. The Morgan fingerprint density at radius 2 is 2.25 bits per heavy atom. The second-order valence-electron chi connectivity index (χ2n) is 3.55. The Morgan fingerprint density at radius 3 is 2.94 bits per heavy atom. The Kier molecular flexibility index (Phi) is 2.96. The molecule has 0 aromatic heterocycles. The molecule has 0 aliphatic carbocycles. The van der Waals surface area contributed by atoms with Crippen LogP contribution in [0.1, 0.15) is 0 Å². The molecule has 2 N–H and O–H groups in total. The summed E-state index contributed by atoms with van der Waals surface area (Å²) in [5, 5.41) is 6.02. The van der Waals surface area contributed by atoms with Gasteiger partial charge in [0.25, 0.3) is 5.91 Å². The van der Waals surface area contributed by atoms with Crippen LogP contribution in [0.15, 0.2) is 18.2 Å². The summed E-state index contributed by atoms with van der Waals surface area (Å²) in [6, 6.07) is 5.70. The number of anilines is 2. The topological polar surface area (TPSA) is 53.6 Å². The lowest BCUT2D eigenvalue weighted by atomic mass is 10.2. The molecular formula is C11H15N3O2. The second kappa shape index (κ2) is 4.40. The number of amides is 1. The monoisotopic (exact) mass is 221 g/mol. The van der Waals surface area contributed by atoms with Gasteiger partial charge in [0.2, 0.25) is 0 Å². The lowest BCUT2D eigenvalue weighted by Crippen LogP contribution is -2.43. The fraction of sp³-hybridized carbons (Fsp3) is 0.364. The number of ether oxygens (including phenoxy) is 1. The van der Waals surface area contributed by atoms with Gasteiger partial charge in [-0.15, -0.1) is 0 Å². The minimum absolute atomic E-state index is 0.0323. The molecule has 1 aliphatic rings. The summed E-state index contributed by atoms with van der Waals surface area (Å²) < 4.78 is 5.37. The summed E-state index contributed by atoms with van der Waals surface area (Å²) in [6.45, 7) is 0.593. The highest BCUT2D eigenvalue weighted by Crippen LogP contribution is 2.33. The van der Waals surface area contributed by atoms with E-state index in [9.17, 15) is 4.79 Å². The molecule has 0 fully saturated rings. The van der Waals surface area contributed by atoms with Crippen molar-refractivity contribution in [2.75, 3.05) is 37.6 Å². The fourth-order valence-corrected chi connectivity index (χ4v) is 1.69. The quantitative estimate of drug-likeness (QED) is 0.786. The van der Waals surface area contributed by atoms with Crippen LogP contribution in [-0.4, -0.2) is 33.3 Å². The minimum atomic E-state index is -0.0323. The van der Waals surface area contributed by atoms with Gasteiger partial charge in [-0.3, -0.25) is 9.69 Å². The first-order valence-electron chi connectivity index (χ1n) is 5.16. The van der Waals surface area contributed by atoms with E-state index in [0.717, 1.165) is 17.1 Å². The van der Waals surface area contributed by atoms with Gasteiger partial charge < -0.3 is 15.4 Å². The Hall–Kier alpha value is -1.75. The average molecular weight is 221 g/mol. The van der Waals surface area contributed by atoms with Gasteiger partial charge in [-0.1, -0.05) is 0 Å². The number of fused-ring (bicyclic) bond motifs is 1. The number of nitrogens with one attached hydrogen (secondary N) is 2. The van der Waals surface area contributed by atoms with Crippen molar-refractivity contribution < 1.29 is 9.53 Å². The van der Waals surface area contributed by atoms with Gasteiger partial charge in [-0.25, -0.2) is 0 Å². The first-order chi connectivity index (χ1) is 7.76. The summed E-state index contributed by atoms with van der Waals surface area (Å²) in [7, 11) is 3.65. The van der Waals surface area contributed by atoms with Gasteiger partial charge in [0.1, 0.15) is 5.75 Å². The number of hydrogen-bond acceptors (Lipinski definition) is 4. The molecule has 5 nitrogen and oxygen atoms in total. The van der Waals surface area contributed by atoms with E-state index in [4.69, 9.17) is 4.74 Å². The van der Waals surface area contributed by atoms with Gasteiger partial charge in [0, 0.05) is 12.7 Å². The molecule has 0 radical (unpaired) electrons. The number of nitrogens with zero attached hydrogens (tertiary/aromatic N) is 1. The molecule has 0 atom stereocenters. The standard InChI is InChI=1S/C11H15N3O2/c1-12-7-14-9-5-8(13-2)3-4-10(9)16-6-11(14)15/h3-5,12-13H,6-7H2,1-2H3. The Balaban J connectivity index is 2.39. The van der Waals surface area contributed by atoms with E-state index >= 15 is 0 Å². The van der Waals surface area contributed by atoms with Crippen molar-refractivity contribution in [1.29, 1.82) is 0 Å². The molecule has 2 rings (SSSR count). The number of carbonyl (C=O) groups excluding carboxylic acids is 1. The van der Waals surface area contributed by atoms with Crippen LogP contribution in [0.5, 0.6) is 5.75 Å². The van der Waals surface area contributed by atoms with Gasteiger partial charge in [0.15, 0.2) is 6.61 Å². The van der Waals surface area contributed by atoms with Crippen LogP contribution >= 0.6 is 0 Å². The van der Waals surface area contributed by atoms with Gasteiger partial charge in [-0.05, 0) is 25.2 Å². The molecule has 86 valence electrons. The third kappa shape index (κ3) is 1.81. The first-order valence-corrected chi connectivity index (χ1v) is 5.16. The Labute approximate surface area is 94.4 Å². The Morgan fingerprint density at radius 1 is 1.44 bits per heavy atom. The van der Waals surface area contributed by atoms with Crippen LogP contribution < -0.4 is 20.3 Å². The van der Waals surface area contributed by atoms with Crippen molar-refractivity contribution in [3.8, 4) is 5.75 Å². The van der Waals surface area contributed by atoms with Gasteiger partial charge >= 0.3 is 0 Å². The van der Waals surface area contributed by atoms with Crippen molar-refractivity contribution in [3.63, 3.8) is 0 Å². The maximum atomic E-state index is 11.7. The molecule has 0 bridgehead atoms. The highest BCUT2D eigenvalue weighted by Gasteiger charge is 2.24. The molecule has 0 unspecified atom stereocenters. The van der Waals surface area contributed by atoms with E-state index in [1.807, 2.05) is 32.3 Å². The molecule has 5 heteroatoms. The van der Waals surface area contributed by atoms with E-state index in [2.05, 4.69) is 10.6 Å². The highest BCUT2D eigenvalue weighted by molar-refractivity contribution is 5.98. The second-order valence-corrected chi connectivity index (χ2v) is 3.55. The van der Waals surface area contributed by atoms with E-state index < -0.39 is 0 Å². The minimum Gasteiger partial charge on any atom is -0.482 e. The molecule has 0 saturated heterocycles. The van der Waals surface area contributed by atoms with Crippen molar-refractivity contribution >= 4 is 17.3 Å². The largest absolute Gasteiger partial charge is 0.482 e. The normalized spacial score (nSPS) is 14.4. The maximum Gasteiger partial charge on any atom is 0.266 e. The lowest BCUT2D eigenvalue weighted by Gasteiger charge is -2.29. The predicted molar refractivity (Wildman–Crippen MR) is 62.9 cm³/mol. The van der Waals surface area contributed by atoms with Crippen LogP contribution in [0.4, 0.5) is 11.4 Å². The summed E-state index contributed by atoms with van der Waals surface area (Å²) in [4.78, 5) is 13.4. The maximum absolute atomic E-state index is 11.7. The molecule has 1 aromatic rings. The van der Waals surface area contributed by atoms with E-state index in [0.29, 0.717) is 6.67 Å². The van der Waals surface area contributed by atoms with Crippen molar-refractivity contribution in [1.82, 2.24) is 5.32 Å². The van der Waals surface area contributed by atoms with Gasteiger partial charge in [-0.2, -0.15) is 0 Å². The molecule has 0 saturated carbocycles. The first kappa shape index (κ1) is 10.8. The van der Waals surface area contributed by atoms with Crippen molar-refractivity contribution in [2.24, 2.45) is 0 Å². The molecule has 1 aliphatic heterocycles. The number of rotatable bonds is 3. The number of carbonyl (C=O) groups is 1. The van der Waals surface area contributed by atoms with Crippen LogP contribution in [0.3, 0.4) is 0 Å². The van der Waals surface area contributed by atoms with Crippen LogP contribution in [-0.2, 0) is 4.79 Å².